The maximum absolute atomic E-state index is 13.7. The average Bonchev–Trinajstić information content (AvgIpc) is 2.79. The van der Waals surface area contributed by atoms with Crippen molar-refractivity contribution >= 4 is 15.9 Å². The number of carbonyl (C=O) groups excluding carboxylic acids is 1. The Balaban J connectivity index is 1.98. The summed E-state index contributed by atoms with van der Waals surface area (Å²) in [5.74, 6) is -0.421. The van der Waals surface area contributed by atoms with Crippen molar-refractivity contribution < 1.29 is 27.1 Å². The fourth-order valence-electron chi connectivity index (χ4n) is 3.55. The summed E-state index contributed by atoms with van der Waals surface area (Å²) >= 11 is 0. The molecule has 0 saturated carbocycles. The van der Waals surface area contributed by atoms with Crippen molar-refractivity contribution in [2.75, 3.05) is 40.0 Å². The van der Waals surface area contributed by atoms with Crippen LogP contribution in [0.5, 0.6) is 5.75 Å². The molecule has 1 saturated heterocycles. The number of methoxy groups -OCH3 is 1. The Labute approximate surface area is 188 Å². The molecule has 0 aliphatic carbocycles. The number of carbonyl (C=O) groups is 1. The largest absolute Gasteiger partial charge is 0.495 e. The SMILES string of the molecule is COc1ccc(C(=O)N2CCOCC2)cc1S(=O)(=O)N(Cc1ccc(F)cc1)CC(C)C. The summed E-state index contributed by atoms with van der Waals surface area (Å²) in [5.41, 5.74) is 0.938. The third kappa shape index (κ3) is 5.65. The van der Waals surface area contributed by atoms with Crippen LogP contribution in [-0.4, -0.2) is 63.5 Å². The van der Waals surface area contributed by atoms with Crippen LogP contribution < -0.4 is 4.74 Å². The number of morpholine rings is 1. The van der Waals surface area contributed by atoms with Crippen molar-refractivity contribution in [1.82, 2.24) is 9.21 Å². The van der Waals surface area contributed by atoms with E-state index in [1.165, 1.54) is 35.7 Å². The number of nitrogens with zero attached hydrogens (tertiary/aromatic N) is 2. The average molecular weight is 465 g/mol. The number of halogens is 1. The molecule has 0 N–H and O–H groups in total. The van der Waals surface area contributed by atoms with Gasteiger partial charge >= 0.3 is 0 Å². The molecule has 32 heavy (non-hydrogen) atoms. The maximum atomic E-state index is 13.7. The van der Waals surface area contributed by atoms with E-state index in [0.29, 0.717) is 31.9 Å². The number of hydrogen-bond donors (Lipinski definition) is 0. The van der Waals surface area contributed by atoms with Gasteiger partial charge in [0.25, 0.3) is 5.91 Å². The second-order valence-electron chi connectivity index (χ2n) is 8.09. The van der Waals surface area contributed by atoms with Crippen LogP contribution in [-0.2, 0) is 21.3 Å². The molecule has 9 heteroatoms. The minimum absolute atomic E-state index is 0.0504. The molecule has 1 fully saturated rings. The third-order valence-corrected chi connectivity index (χ3v) is 7.00. The van der Waals surface area contributed by atoms with E-state index in [2.05, 4.69) is 0 Å². The molecule has 1 aliphatic rings. The number of ether oxygens (including phenoxy) is 2. The van der Waals surface area contributed by atoms with E-state index < -0.39 is 10.0 Å². The Bertz CT molecular complexity index is 1030. The standard InChI is InChI=1S/C23H29FN2O5S/c1-17(2)15-26(16-18-4-7-20(24)8-5-18)32(28,29)22-14-19(6-9-21(22)30-3)23(27)25-10-12-31-13-11-25/h4-9,14,17H,10-13,15-16H2,1-3H3. The Hall–Kier alpha value is -2.49. The summed E-state index contributed by atoms with van der Waals surface area (Å²) in [6.45, 7) is 5.98. The van der Waals surface area contributed by atoms with E-state index in [1.807, 2.05) is 13.8 Å². The number of benzene rings is 2. The summed E-state index contributed by atoms with van der Waals surface area (Å²) in [7, 11) is -2.62. The molecule has 2 aromatic rings. The van der Waals surface area contributed by atoms with Gasteiger partial charge < -0.3 is 14.4 Å². The second kappa shape index (κ2) is 10.4. The maximum Gasteiger partial charge on any atom is 0.254 e. The molecule has 0 atom stereocenters. The molecule has 2 aromatic carbocycles. The van der Waals surface area contributed by atoms with Crippen molar-refractivity contribution in [2.24, 2.45) is 5.92 Å². The molecule has 0 spiro atoms. The molecule has 7 nitrogen and oxygen atoms in total. The molecule has 0 bridgehead atoms. The minimum Gasteiger partial charge on any atom is -0.495 e. The smallest absolute Gasteiger partial charge is 0.254 e. The summed E-state index contributed by atoms with van der Waals surface area (Å²) < 4.78 is 52.7. The third-order valence-electron chi connectivity index (χ3n) is 5.17. The Kier molecular flexibility index (Phi) is 7.86. The van der Waals surface area contributed by atoms with Crippen LogP contribution in [0.4, 0.5) is 4.39 Å². The zero-order valence-corrected chi connectivity index (χ0v) is 19.4. The van der Waals surface area contributed by atoms with Gasteiger partial charge in [0, 0.05) is 31.7 Å². The predicted molar refractivity (Wildman–Crippen MR) is 119 cm³/mol. The van der Waals surface area contributed by atoms with Crippen molar-refractivity contribution in [3.63, 3.8) is 0 Å². The van der Waals surface area contributed by atoms with E-state index >= 15 is 0 Å². The number of amides is 1. The van der Waals surface area contributed by atoms with Crippen LogP contribution in [0.1, 0.15) is 29.8 Å². The molecular formula is C23H29FN2O5S. The zero-order chi connectivity index (χ0) is 23.3. The van der Waals surface area contributed by atoms with Gasteiger partial charge in [0.2, 0.25) is 10.0 Å². The highest BCUT2D eigenvalue weighted by atomic mass is 32.2. The van der Waals surface area contributed by atoms with Crippen LogP contribution >= 0.6 is 0 Å². The van der Waals surface area contributed by atoms with Gasteiger partial charge in [-0.05, 0) is 41.8 Å². The highest BCUT2D eigenvalue weighted by molar-refractivity contribution is 7.89. The normalized spacial score (nSPS) is 14.8. The lowest BCUT2D eigenvalue weighted by Gasteiger charge is -2.28. The molecule has 0 unspecified atom stereocenters. The second-order valence-corrected chi connectivity index (χ2v) is 9.99. The van der Waals surface area contributed by atoms with Gasteiger partial charge in [-0.3, -0.25) is 4.79 Å². The van der Waals surface area contributed by atoms with Gasteiger partial charge in [0.15, 0.2) is 0 Å². The highest BCUT2D eigenvalue weighted by Crippen LogP contribution is 2.30. The predicted octanol–water partition coefficient (Wildman–Crippen LogP) is 3.15. The summed E-state index contributed by atoms with van der Waals surface area (Å²) in [5, 5.41) is 0. The Morgan fingerprint density at radius 2 is 1.81 bits per heavy atom. The Morgan fingerprint density at radius 1 is 1.16 bits per heavy atom. The van der Waals surface area contributed by atoms with E-state index in [-0.39, 0.29) is 46.9 Å². The zero-order valence-electron chi connectivity index (χ0n) is 18.6. The molecular weight excluding hydrogens is 435 g/mol. The first kappa shape index (κ1) is 24.2. The van der Waals surface area contributed by atoms with E-state index in [4.69, 9.17) is 9.47 Å². The number of sulfonamides is 1. The molecule has 1 heterocycles. The van der Waals surface area contributed by atoms with Crippen LogP contribution in [0.15, 0.2) is 47.4 Å². The Morgan fingerprint density at radius 3 is 2.41 bits per heavy atom. The summed E-state index contributed by atoms with van der Waals surface area (Å²) in [6.07, 6.45) is 0. The fraction of sp³-hybridized carbons (Fsp3) is 0.435. The van der Waals surface area contributed by atoms with Crippen molar-refractivity contribution in [2.45, 2.75) is 25.3 Å². The lowest BCUT2D eigenvalue weighted by molar-refractivity contribution is 0.0302. The van der Waals surface area contributed by atoms with Crippen LogP contribution in [0.2, 0.25) is 0 Å². The van der Waals surface area contributed by atoms with E-state index in [9.17, 15) is 17.6 Å². The van der Waals surface area contributed by atoms with Gasteiger partial charge in [0.05, 0.1) is 20.3 Å². The molecule has 174 valence electrons. The monoisotopic (exact) mass is 464 g/mol. The van der Waals surface area contributed by atoms with Crippen molar-refractivity contribution in [1.29, 1.82) is 0 Å². The summed E-state index contributed by atoms with van der Waals surface area (Å²) in [6, 6.07) is 10.2. The van der Waals surface area contributed by atoms with Crippen LogP contribution in [0.25, 0.3) is 0 Å². The van der Waals surface area contributed by atoms with Gasteiger partial charge in [-0.15, -0.1) is 0 Å². The van der Waals surface area contributed by atoms with Crippen LogP contribution in [0, 0.1) is 11.7 Å². The van der Waals surface area contributed by atoms with Gasteiger partial charge in [0.1, 0.15) is 16.5 Å². The van der Waals surface area contributed by atoms with Gasteiger partial charge in [-0.2, -0.15) is 4.31 Å². The topological polar surface area (TPSA) is 76.1 Å². The first-order valence-corrected chi connectivity index (χ1v) is 12.0. The minimum atomic E-state index is -4.01. The summed E-state index contributed by atoms with van der Waals surface area (Å²) in [4.78, 5) is 14.5. The van der Waals surface area contributed by atoms with Gasteiger partial charge in [-0.1, -0.05) is 26.0 Å². The highest BCUT2D eigenvalue weighted by Gasteiger charge is 2.30. The van der Waals surface area contributed by atoms with Gasteiger partial charge in [-0.25, -0.2) is 12.8 Å². The molecule has 0 aromatic heterocycles. The number of rotatable bonds is 8. The lowest BCUT2D eigenvalue weighted by atomic mass is 10.2. The molecule has 0 radical (unpaired) electrons. The quantitative estimate of drug-likeness (QED) is 0.600. The first-order valence-electron chi connectivity index (χ1n) is 10.5. The van der Waals surface area contributed by atoms with E-state index in [1.54, 1.807) is 23.1 Å². The molecule has 1 amide bonds. The fourth-order valence-corrected chi connectivity index (χ4v) is 5.32. The lowest BCUT2D eigenvalue weighted by Crippen LogP contribution is -2.40. The molecule has 3 rings (SSSR count). The van der Waals surface area contributed by atoms with Crippen LogP contribution in [0.3, 0.4) is 0 Å². The molecule has 1 aliphatic heterocycles. The van der Waals surface area contributed by atoms with Crippen molar-refractivity contribution in [3.8, 4) is 5.75 Å². The van der Waals surface area contributed by atoms with Crippen molar-refractivity contribution in [3.05, 3.63) is 59.4 Å². The first-order chi connectivity index (χ1) is 15.2. The van der Waals surface area contributed by atoms with E-state index in [0.717, 1.165) is 0 Å². The number of hydrogen-bond acceptors (Lipinski definition) is 5.